The van der Waals surface area contributed by atoms with Gasteiger partial charge in [0.25, 0.3) is 0 Å². The van der Waals surface area contributed by atoms with Crippen molar-refractivity contribution in [2.75, 3.05) is 13.2 Å². The van der Waals surface area contributed by atoms with E-state index in [1.165, 1.54) is 9.13 Å². The Morgan fingerprint density at radius 3 is 2.76 bits per heavy atom. The van der Waals surface area contributed by atoms with Crippen molar-refractivity contribution in [3.05, 3.63) is 28.7 Å². The molecule has 1 aromatic heterocycles. The number of nitriles is 1. The average molecular weight is 399 g/mol. The highest BCUT2D eigenvalue weighted by atomic mass is 16.5. The summed E-state index contributed by atoms with van der Waals surface area (Å²) >= 11 is 0. The Bertz CT molecular complexity index is 982. The molecule has 0 bridgehead atoms. The van der Waals surface area contributed by atoms with Crippen LogP contribution in [0.25, 0.3) is 11.0 Å². The molecule has 0 saturated heterocycles. The van der Waals surface area contributed by atoms with Crippen molar-refractivity contribution in [2.45, 2.75) is 46.6 Å². The Morgan fingerprint density at radius 1 is 1.34 bits per heavy atom. The number of hydrogen-bond acceptors (Lipinski definition) is 5. The van der Waals surface area contributed by atoms with E-state index in [0.29, 0.717) is 35.2 Å². The highest BCUT2D eigenvalue weighted by Crippen LogP contribution is 2.39. The topological polar surface area (TPSA) is 103 Å². The third kappa shape index (κ3) is 4.08. The van der Waals surface area contributed by atoms with Gasteiger partial charge >= 0.3 is 5.69 Å². The number of rotatable bonds is 6. The van der Waals surface area contributed by atoms with Crippen molar-refractivity contribution < 1.29 is 9.53 Å². The van der Waals surface area contributed by atoms with Gasteiger partial charge in [-0.25, -0.2) is 9.36 Å². The summed E-state index contributed by atoms with van der Waals surface area (Å²) in [6.45, 7) is 7.00. The maximum absolute atomic E-state index is 13.6. The molecule has 0 unspecified atom stereocenters. The normalized spacial score (nSPS) is 22.0. The number of benzene rings is 1. The van der Waals surface area contributed by atoms with E-state index in [1.54, 1.807) is 18.2 Å². The third-order valence-electron chi connectivity index (χ3n) is 6.12. The molecule has 0 aliphatic heterocycles. The quantitative estimate of drug-likeness (QED) is 0.806. The number of hydrogen-bond donors (Lipinski definition) is 1. The Kier molecular flexibility index (Phi) is 6.43. The molecule has 3 atom stereocenters. The minimum absolute atomic E-state index is 0.0811. The summed E-state index contributed by atoms with van der Waals surface area (Å²) < 4.78 is 8.24. The van der Waals surface area contributed by atoms with Crippen molar-refractivity contribution in [1.29, 1.82) is 5.26 Å². The molecule has 7 nitrogen and oxygen atoms in total. The van der Waals surface area contributed by atoms with Crippen molar-refractivity contribution in [3.63, 3.8) is 0 Å². The maximum Gasteiger partial charge on any atom is 0.336 e. The summed E-state index contributed by atoms with van der Waals surface area (Å²) in [6.07, 6.45) is 2.94. The largest absolute Gasteiger partial charge is 0.479 e. The van der Waals surface area contributed by atoms with E-state index in [1.807, 2.05) is 6.07 Å². The molecule has 2 N–H and O–H groups in total. The fourth-order valence-corrected chi connectivity index (χ4v) is 4.65. The van der Waals surface area contributed by atoms with Gasteiger partial charge in [-0.3, -0.25) is 9.36 Å². The lowest BCUT2D eigenvalue weighted by molar-refractivity contribution is 0.0633. The van der Waals surface area contributed by atoms with Gasteiger partial charge in [0.2, 0.25) is 5.91 Å². The van der Waals surface area contributed by atoms with Crippen LogP contribution in [0.1, 0.15) is 44.8 Å². The van der Waals surface area contributed by atoms with Gasteiger partial charge in [-0.15, -0.1) is 0 Å². The number of nitrogens with zero attached hydrogens (tertiary/aromatic N) is 3. The van der Waals surface area contributed by atoms with Crippen LogP contribution in [0.15, 0.2) is 23.0 Å². The molecule has 156 valence electrons. The summed E-state index contributed by atoms with van der Waals surface area (Å²) in [7, 11) is 0. The minimum atomic E-state index is -0.353. The highest BCUT2D eigenvalue weighted by molar-refractivity contribution is 5.92. The summed E-state index contributed by atoms with van der Waals surface area (Å²) in [6, 6.07) is 7.06. The summed E-state index contributed by atoms with van der Waals surface area (Å²) in [4.78, 5) is 26.8. The Morgan fingerprint density at radius 2 is 2.10 bits per heavy atom. The molecule has 1 aliphatic carbocycles. The average Bonchev–Trinajstić information content (AvgIpc) is 2.97. The van der Waals surface area contributed by atoms with Gasteiger partial charge in [0.15, 0.2) is 6.61 Å². The smallest absolute Gasteiger partial charge is 0.336 e. The van der Waals surface area contributed by atoms with Gasteiger partial charge in [0, 0.05) is 25.1 Å². The SMILES string of the molecule is CC(C)[C@@H]1CC[C@@H](C)C[C@H]1C(=O)n1c(=O)n(CCN)c2cc(OCC#N)ccc21. The number of imidazole rings is 1. The number of ether oxygens (including phenoxy) is 1. The second-order valence-electron chi connectivity index (χ2n) is 8.43. The zero-order chi connectivity index (χ0) is 21.1. The Balaban J connectivity index is 2.10. The minimum Gasteiger partial charge on any atom is -0.479 e. The predicted molar refractivity (Wildman–Crippen MR) is 112 cm³/mol. The van der Waals surface area contributed by atoms with Gasteiger partial charge in [-0.05, 0) is 42.7 Å². The lowest BCUT2D eigenvalue weighted by atomic mass is 9.69. The molecule has 1 heterocycles. The maximum atomic E-state index is 13.6. The first kappa shape index (κ1) is 21.1. The molecular weight excluding hydrogens is 368 g/mol. The zero-order valence-corrected chi connectivity index (χ0v) is 17.4. The fourth-order valence-electron chi connectivity index (χ4n) is 4.65. The van der Waals surface area contributed by atoms with Gasteiger partial charge in [0.1, 0.15) is 11.8 Å². The standard InChI is InChI=1S/C22H30N4O3/c1-14(2)17-6-4-15(3)12-18(17)21(27)26-19-7-5-16(29-11-9-24)13-20(19)25(10-8-23)22(26)28/h5,7,13-15,17-18H,4,6,8,10-12,23H2,1-3H3/t15-,17+,18-/m1/s1. The Hall–Kier alpha value is -2.59. The predicted octanol–water partition coefficient (Wildman–Crippen LogP) is 3.01. The van der Waals surface area contributed by atoms with E-state index in [4.69, 9.17) is 15.7 Å². The summed E-state index contributed by atoms with van der Waals surface area (Å²) in [5, 5.41) is 8.74. The monoisotopic (exact) mass is 398 g/mol. The van der Waals surface area contributed by atoms with E-state index in [0.717, 1.165) is 19.3 Å². The van der Waals surface area contributed by atoms with E-state index < -0.39 is 0 Å². The lowest BCUT2D eigenvalue weighted by Gasteiger charge is -2.36. The zero-order valence-electron chi connectivity index (χ0n) is 17.4. The van der Waals surface area contributed by atoms with Crippen LogP contribution in [0.2, 0.25) is 0 Å². The van der Waals surface area contributed by atoms with Gasteiger partial charge < -0.3 is 10.5 Å². The first-order valence-electron chi connectivity index (χ1n) is 10.4. The summed E-state index contributed by atoms with van der Waals surface area (Å²) in [5.74, 6) is 1.33. The van der Waals surface area contributed by atoms with Crippen LogP contribution in [0.3, 0.4) is 0 Å². The first-order chi connectivity index (χ1) is 13.9. The number of fused-ring (bicyclic) bond motifs is 1. The van der Waals surface area contributed by atoms with Crippen LogP contribution in [0.5, 0.6) is 5.75 Å². The Labute approximate surface area is 171 Å². The van der Waals surface area contributed by atoms with E-state index in [-0.39, 0.29) is 36.6 Å². The van der Waals surface area contributed by atoms with Crippen molar-refractivity contribution >= 4 is 16.9 Å². The first-order valence-corrected chi connectivity index (χ1v) is 10.4. The van der Waals surface area contributed by atoms with Crippen LogP contribution in [-0.4, -0.2) is 28.2 Å². The lowest BCUT2D eigenvalue weighted by Crippen LogP contribution is -2.40. The van der Waals surface area contributed by atoms with Crippen LogP contribution in [0, 0.1) is 35.0 Å². The summed E-state index contributed by atoms with van der Waals surface area (Å²) in [5.41, 5.74) is 6.54. The van der Waals surface area contributed by atoms with Crippen LogP contribution in [-0.2, 0) is 6.54 Å². The third-order valence-corrected chi connectivity index (χ3v) is 6.12. The molecule has 7 heteroatoms. The second-order valence-corrected chi connectivity index (χ2v) is 8.43. The molecule has 3 rings (SSSR count). The van der Waals surface area contributed by atoms with Crippen molar-refractivity contribution in [2.24, 2.45) is 29.4 Å². The molecular formula is C22H30N4O3. The second kappa shape index (κ2) is 8.83. The van der Waals surface area contributed by atoms with Crippen LogP contribution < -0.4 is 16.2 Å². The van der Waals surface area contributed by atoms with E-state index in [9.17, 15) is 9.59 Å². The molecule has 1 aliphatic rings. The molecule has 0 radical (unpaired) electrons. The molecule has 1 fully saturated rings. The van der Waals surface area contributed by atoms with E-state index >= 15 is 0 Å². The fraction of sp³-hybridized carbons (Fsp3) is 0.591. The van der Waals surface area contributed by atoms with Gasteiger partial charge in [-0.2, -0.15) is 5.26 Å². The number of aromatic nitrogens is 2. The van der Waals surface area contributed by atoms with Gasteiger partial charge in [0.05, 0.1) is 11.0 Å². The number of carbonyl (C=O) groups excluding carboxylic acids is 1. The molecule has 1 aromatic carbocycles. The number of nitrogens with two attached hydrogens (primary N) is 1. The van der Waals surface area contributed by atoms with Crippen LogP contribution >= 0.6 is 0 Å². The molecule has 29 heavy (non-hydrogen) atoms. The van der Waals surface area contributed by atoms with Crippen molar-refractivity contribution in [1.82, 2.24) is 9.13 Å². The van der Waals surface area contributed by atoms with Gasteiger partial charge in [-0.1, -0.05) is 27.2 Å². The molecule has 0 amide bonds. The van der Waals surface area contributed by atoms with E-state index in [2.05, 4.69) is 20.8 Å². The van der Waals surface area contributed by atoms with Crippen LogP contribution in [0.4, 0.5) is 0 Å². The molecule has 0 spiro atoms. The molecule has 2 aromatic rings. The number of carbonyl (C=O) groups is 1. The van der Waals surface area contributed by atoms with Crippen molar-refractivity contribution in [3.8, 4) is 11.8 Å². The molecule has 1 saturated carbocycles. The highest BCUT2D eigenvalue weighted by Gasteiger charge is 2.37.